The summed E-state index contributed by atoms with van der Waals surface area (Å²) in [4.78, 5) is 21.3. The maximum atomic E-state index is 10.7. The van der Waals surface area contributed by atoms with Gasteiger partial charge in [0, 0.05) is 6.92 Å². The second-order valence-corrected chi connectivity index (χ2v) is 3.49. The van der Waals surface area contributed by atoms with Crippen LogP contribution in [0.1, 0.15) is 6.92 Å². The minimum Gasteiger partial charge on any atom is -0.479 e. The molecule has 0 spiro atoms. The van der Waals surface area contributed by atoms with Crippen molar-refractivity contribution in [1.29, 1.82) is 0 Å². The predicted molar refractivity (Wildman–Crippen MR) is 48.1 cm³/mol. The number of hydrogen-bond acceptors (Lipinski definition) is 6. The molecule has 16 heavy (non-hydrogen) atoms. The van der Waals surface area contributed by atoms with E-state index < -0.39 is 42.5 Å². The van der Waals surface area contributed by atoms with Crippen LogP contribution in [-0.4, -0.2) is 62.9 Å². The first-order valence-corrected chi connectivity index (χ1v) is 4.54. The third-order valence-electron chi connectivity index (χ3n) is 2.23. The molecule has 1 aliphatic heterocycles. The van der Waals surface area contributed by atoms with Crippen molar-refractivity contribution in [3.8, 4) is 0 Å². The zero-order valence-electron chi connectivity index (χ0n) is 8.40. The van der Waals surface area contributed by atoms with Crippen molar-refractivity contribution in [1.82, 2.24) is 5.32 Å². The van der Waals surface area contributed by atoms with Crippen molar-refractivity contribution in [2.75, 3.05) is 0 Å². The summed E-state index contributed by atoms with van der Waals surface area (Å²) in [5, 5.41) is 39.0. The number of carboxylic acid groups (broad SMARTS) is 1. The maximum Gasteiger partial charge on any atom is 0.335 e. The van der Waals surface area contributed by atoms with Gasteiger partial charge in [-0.05, 0) is 0 Å². The quantitative estimate of drug-likeness (QED) is 0.344. The van der Waals surface area contributed by atoms with Crippen molar-refractivity contribution in [2.24, 2.45) is 0 Å². The molecule has 92 valence electrons. The highest BCUT2D eigenvalue weighted by molar-refractivity contribution is 5.74. The van der Waals surface area contributed by atoms with Gasteiger partial charge in [-0.15, -0.1) is 0 Å². The molecule has 0 unspecified atom stereocenters. The number of amides is 1. The summed E-state index contributed by atoms with van der Waals surface area (Å²) in [6.07, 6.45) is -6.76. The molecule has 5 N–H and O–H groups in total. The highest BCUT2D eigenvalue weighted by Crippen LogP contribution is 2.20. The Balaban J connectivity index is 2.79. The summed E-state index contributed by atoms with van der Waals surface area (Å²) >= 11 is 0. The summed E-state index contributed by atoms with van der Waals surface area (Å²) in [6, 6.07) is -1.26. The average molecular weight is 235 g/mol. The lowest BCUT2D eigenvalue weighted by Gasteiger charge is -2.39. The molecule has 1 aliphatic rings. The van der Waals surface area contributed by atoms with Crippen LogP contribution in [0.4, 0.5) is 0 Å². The van der Waals surface area contributed by atoms with Gasteiger partial charge < -0.3 is 30.5 Å². The fraction of sp³-hybridized carbons (Fsp3) is 0.750. The van der Waals surface area contributed by atoms with Crippen LogP contribution in [0.3, 0.4) is 0 Å². The van der Waals surface area contributed by atoms with Crippen LogP contribution in [0.25, 0.3) is 0 Å². The predicted octanol–water partition coefficient (Wildman–Crippen LogP) is -2.99. The number of ether oxygens (including phenoxy) is 1. The molecule has 0 radical (unpaired) electrons. The van der Waals surface area contributed by atoms with E-state index in [1.807, 2.05) is 0 Å². The van der Waals surface area contributed by atoms with Crippen molar-refractivity contribution in [3.05, 3.63) is 0 Å². The molecule has 1 fully saturated rings. The van der Waals surface area contributed by atoms with Crippen LogP contribution in [0.5, 0.6) is 0 Å². The third-order valence-corrected chi connectivity index (χ3v) is 2.23. The largest absolute Gasteiger partial charge is 0.479 e. The molecule has 8 nitrogen and oxygen atoms in total. The molecule has 0 aliphatic carbocycles. The Morgan fingerprint density at radius 1 is 1.19 bits per heavy atom. The van der Waals surface area contributed by atoms with Gasteiger partial charge in [0.2, 0.25) is 5.91 Å². The van der Waals surface area contributed by atoms with Crippen molar-refractivity contribution >= 4 is 11.9 Å². The van der Waals surface area contributed by atoms with Crippen LogP contribution in [0.2, 0.25) is 0 Å². The van der Waals surface area contributed by atoms with Crippen molar-refractivity contribution < 1.29 is 34.8 Å². The van der Waals surface area contributed by atoms with Gasteiger partial charge in [-0.1, -0.05) is 0 Å². The topological polar surface area (TPSA) is 136 Å². The Labute approximate surface area is 90.5 Å². The van der Waals surface area contributed by atoms with Crippen molar-refractivity contribution in [3.63, 3.8) is 0 Å². The Bertz CT molecular complexity index is 294. The number of aliphatic hydroxyl groups excluding tert-OH is 3. The van der Waals surface area contributed by atoms with E-state index in [0.29, 0.717) is 0 Å². The summed E-state index contributed by atoms with van der Waals surface area (Å²) in [6.45, 7) is 1.15. The minimum absolute atomic E-state index is 0.548. The van der Waals surface area contributed by atoms with Crippen LogP contribution in [0, 0.1) is 0 Å². The molecule has 5 atom stereocenters. The second kappa shape index (κ2) is 4.74. The smallest absolute Gasteiger partial charge is 0.335 e. The van der Waals surface area contributed by atoms with E-state index in [-0.39, 0.29) is 0 Å². The van der Waals surface area contributed by atoms with E-state index in [0.717, 1.165) is 6.92 Å². The minimum atomic E-state index is -1.73. The van der Waals surface area contributed by atoms with Gasteiger partial charge in [0.25, 0.3) is 0 Å². The van der Waals surface area contributed by atoms with Gasteiger partial charge in [0.05, 0.1) is 0 Å². The monoisotopic (exact) mass is 235 g/mol. The lowest BCUT2D eigenvalue weighted by Crippen LogP contribution is -2.64. The van der Waals surface area contributed by atoms with Gasteiger partial charge in [0.15, 0.2) is 12.4 Å². The van der Waals surface area contributed by atoms with Gasteiger partial charge in [0.1, 0.15) is 18.2 Å². The van der Waals surface area contributed by atoms with Gasteiger partial charge in [-0.3, -0.25) is 4.79 Å². The number of aliphatic hydroxyl groups is 3. The average Bonchev–Trinajstić information content (AvgIpc) is 2.17. The zero-order chi connectivity index (χ0) is 12.5. The molecule has 0 aromatic heterocycles. The molecule has 0 aromatic rings. The molecule has 1 rings (SSSR count). The molecule has 1 saturated heterocycles. The fourth-order valence-corrected chi connectivity index (χ4v) is 1.47. The Morgan fingerprint density at radius 3 is 2.19 bits per heavy atom. The molecule has 8 heteroatoms. The second-order valence-electron chi connectivity index (χ2n) is 3.49. The molecule has 0 saturated carbocycles. The van der Waals surface area contributed by atoms with Crippen molar-refractivity contribution in [2.45, 2.75) is 37.6 Å². The van der Waals surface area contributed by atoms with Gasteiger partial charge in [-0.2, -0.15) is 0 Å². The van der Waals surface area contributed by atoms with Crippen LogP contribution in [0.15, 0.2) is 0 Å². The molecular weight excluding hydrogens is 222 g/mol. The molecule has 1 heterocycles. The van der Waals surface area contributed by atoms with E-state index in [4.69, 9.17) is 5.11 Å². The lowest BCUT2D eigenvalue weighted by atomic mass is 9.97. The molecule has 0 aromatic carbocycles. The number of hydrogen-bond donors (Lipinski definition) is 5. The van der Waals surface area contributed by atoms with E-state index in [2.05, 4.69) is 10.1 Å². The molecular formula is C8H13NO7. The van der Waals surface area contributed by atoms with E-state index in [1.54, 1.807) is 0 Å². The highest BCUT2D eigenvalue weighted by atomic mass is 16.6. The summed E-state index contributed by atoms with van der Waals surface area (Å²) in [5.74, 6) is -2.06. The summed E-state index contributed by atoms with van der Waals surface area (Å²) < 4.78 is 4.58. The Kier molecular flexibility index (Phi) is 3.81. The first-order valence-electron chi connectivity index (χ1n) is 4.54. The number of carboxylic acids is 1. The highest BCUT2D eigenvalue weighted by Gasteiger charge is 2.47. The lowest BCUT2D eigenvalue weighted by molar-refractivity contribution is -0.249. The molecule has 1 amide bonds. The standard InChI is InChI=1S/C8H13NO7/c1-2(10)9-3-4(11)5(12)6(7(13)14)16-8(3)15/h3-6,8,11-12,15H,1H3,(H,9,10)(H,13,14)/t3-,4+,5+,6+,8-/m1/s1. The normalized spacial score (nSPS) is 39.1. The first kappa shape index (κ1) is 12.8. The van der Waals surface area contributed by atoms with Crippen LogP contribution < -0.4 is 5.32 Å². The number of carbonyl (C=O) groups is 2. The number of nitrogens with one attached hydrogen (secondary N) is 1. The van der Waals surface area contributed by atoms with Crippen LogP contribution in [-0.2, 0) is 14.3 Å². The third kappa shape index (κ3) is 2.47. The van der Waals surface area contributed by atoms with Crippen LogP contribution >= 0.6 is 0 Å². The fourth-order valence-electron chi connectivity index (χ4n) is 1.47. The van der Waals surface area contributed by atoms with Gasteiger partial charge in [-0.25, -0.2) is 4.79 Å². The maximum absolute atomic E-state index is 10.7. The number of rotatable bonds is 2. The van der Waals surface area contributed by atoms with E-state index in [1.165, 1.54) is 0 Å². The first-order chi connectivity index (χ1) is 7.34. The number of carbonyl (C=O) groups excluding carboxylic acids is 1. The number of aliphatic carboxylic acids is 1. The SMILES string of the molecule is CC(=O)N[C@@H]1[C@H](O)[C@H](O)[C@@H](C(=O)O)O[C@H]1O. The summed E-state index contributed by atoms with van der Waals surface area (Å²) in [5.41, 5.74) is 0. The zero-order valence-corrected chi connectivity index (χ0v) is 8.40. The van der Waals surface area contributed by atoms with Gasteiger partial charge >= 0.3 is 5.97 Å². The Morgan fingerprint density at radius 2 is 1.75 bits per heavy atom. The van der Waals surface area contributed by atoms with E-state index in [9.17, 15) is 24.9 Å². The summed E-state index contributed by atoms with van der Waals surface area (Å²) in [7, 11) is 0. The molecule has 0 bridgehead atoms. The Hall–Kier alpha value is -1.22. The van der Waals surface area contributed by atoms with E-state index >= 15 is 0 Å².